The molecule has 1 fully saturated rings. The lowest BCUT2D eigenvalue weighted by molar-refractivity contribution is -0.118. The van der Waals surface area contributed by atoms with Gasteiger partial charge >= 0.3 is 0 Å². The van der Waals surface area contributed by atoms with Gasteiger partial charge in [0.1, 0.15) is 0 Å². The molecule has 0 spiro atoms. The largest absolute Gasteiger partial charge is 0.389 e. The Morgan fingerprint density at radius 1 is 1.34 bits per heavy atom. The Bertz CT molecular complexity index is 842. The van der Waals surface area contributed by atoms with Crippen LogP contribution in [0.2, 0.25) is 10.0 Å². The summed E-state index contributed by atoms with van der Waals surface area (Å²) < 4.78 is 7.46. The van der Waals surface area contributed by atoms with Crippen molar-refractivity contribution in [3.05, 3.63) is 46.1 Å². The lowest BCUT2D eigenvalue weighted by Crippen LogP contribution is -2.29. The molecule has 2 aromatic rings. The molecule has 1 aromatic carbocycles. The number of hydrogen-bond donors (Lipinski definition) is 2. The maximum absolute atomic E-state index is 13.1. The highest BCUT2D eigenvalue weighted by atomic mass is 35.5. The fourth-order valence-electron chi connectivity index (χ4n) is 3.51. The van der Waals surface area contributed by atoms with Gasteiger partial charge in [-0.05, 0) is 57.2 Å². The quantitative estimate of drug-likeness (QED) is 0.658. The maximum atomic E-state index is 13.1. The number of nitrogens with one attached hydrogen (secondary N) is 1. The first-order valence-corrected chi connectivity index (χ1v) is 10.6. The summed E-state index contributed by atoms with van der Waals surface area (Å²) in [4.78, 5) is 13.1. The molecule has 3 rings (SSSR count). The van der Waals surface area contributed by atoms with Crippen LogP contribution in [-0.4, -0.2) is 39.1 Å². The Labute approximate surface area is 181 Å². The van der Waals surface area contributed by atoms with Gasteiger partial charge in [-0.15, -0.1) is 0 Å². The van der Waals surface area contributed by atoms with Crippen LogP contribution in [0.5, 0.6) is 0 Å². The second-order valence-corrected chi connectivity index (χ2v) is 8.97. The topological polar surface area (TPSA) is 76.4 Å². The fraction of sp³-hybridized carbons (Fsp3) is 0.524. The number of anilines is 1. The number of carbonyl (C=O) groups excluding carboxylic acids is 1. The summed E-state index contributed by atoms with van der Waals surface area (Å²) >= 11 is 12.2. The third kappa shape index (κ3) is 6.44. The molecule has 29 heavy (non-hydrogen) atoms. The Morgan fingerprint density at radius 3 is 2.79 bits per heavy atom. The van der Waals surface area contributed by atoms with E-state index in [2.05, 4.69) is 10.4 Å². The van der Waals surface area contributed by atoms with Gasteiger partial charge in [0.05, 0.1) is 34.2 Å². The van der Waals surface area contributed by atoms with Crippen LogP contribution in [0, 0.1) is 0 Å². The smallest absolute Gasteiger partial charge is 0.233 e. The number of hydrogen-bond acceptors (Lipinski definition) is 4. The zero-order chi connectivity index (χ0) is 21.0. The van der Waals surface area contributed by atoms with Gasteiger partial charge in [-0.2, -0.15) is 5.10 Å². The zero-order valence-corrected chi connectivity index (χ0v) is 18.2. The highest BCUT2D eigenvalue weighted by Crippen LogP contribution is 2.32. The van der Waals surface area contributed by atoms with Crippen LogP contribution in [-0.2, 0) is 16.1 Å². The van der Waals surface area contributed by atoms with E-state index in [0.717, 1.165) is 31.4 Å². The minimum absolute atomic E-state index is 0.0294. The summed E-state index contributed by atoms with van der Waals surface area (Å²) in [6.45, 7) is 4.46. The first-order chi connectivity index (χ1) is 13.7. The fourth-order valence-corrected chi connectivity index (χ4v) is 3.81. The molecule has 6 nitrogen and oxygen atoms in total. The Kier molecular flexibility index (Phi) is 7.22. The molecule has 2 N–H and O–H groups in total. The molecule has 0 bridgehead atoms. The van der Waals surface area contributed by atoms with E-state index in [1.165, 1.54) is 0 Å². The summed E-state index contributed by atoms with van der Waals surface area (Å²) in [6.07, 6.45) is 5.41. The van der Waals surface area contributed by atoms with E-state index < -0.39 is 11.5 Å². The van der Waals surface area contributed by atoms with Crippen LogP contribution in [0.1, 0.15) is 51.0 Å². The van der Waals surface area contributed by atoms with E-state index in [0.29, 0.717) is 28.8 Å². The molecule has 0 radical (unpaired) electrons. The van der Waals surface area contributed by atoms with Crippen molar-refractivity contribution in [2.24, 2.45) is 0 Å². The van der Waals surface area contributed by atoms with Crippen LogP contribution in [0.25, 0.3) is 0 Å². The Hall–Kier alpha value is -1.60. The van der Waals surface area contributed by atoms with Crippen molar-refractivity contribution in [2.45, 2.75) is 63.7 Å². The van der Waals surface area contributed by atoms with Gasteiger partial charge in [0.15, 0.2) is 5.82 Å². The average Bonchev–Trinajstić information content (AvgIpc) is 3.07. The van der Waals surface area contributed by atoms with E-state index in [4.69, 9.17) is 27.9 Å². The van der Waals surface area contributed by atoms with Gasteiger partial charge in [0.2, 0.25) is 5.91 Å². The predicted octanol–water partition coefficient (Wildman–Crippen LogP) is 4.64. The van der Waals surface area contributed by atoms with Crippen LogP contribution >= 0.6 is 23.2 Å². The molecule has 1 aliphatic rings. The number of halogens is 2. The summed E-state index contributed by atoms with van der Waals surface area (Å²) in [5.74, 6) is -0.174. The van der Waals surface area contributed by atoms with Crippen molar-refractivity contribution < 1.29 is 14.6 Å². The minimum atomic E-state index is -0.895. The summed E-state index contributed by atoms with van der Waals surface area (Å²) in [5, 5.41) is 18.0. The van der Waals surface area contributed by atoms with E-state index in [9.17, 15) is 9.90 Å². The Balaban J connectivity index is 1.77. The first-order valence-electron chi connectivity index (χ1n) is 9.84. The van der Waals surface area contributed by atoms with Crippen molar-refractivity contribution in [3.63, 3.8) is 0 Å². The highest BCUT2D eigenvalue weighted by molar-refractivity contribution is 6.42. The molecular weight excluding hydrogens is 413 g/mol. The van der Waals surface area contributed by atoms with Gasteiger partial charge in [-0.1, -0.05) is 29.3 Å². The van der Waals surface area contributed by atoms with Crippen LogP contribution in [0.3, 0.4) is 0 Å². The first kappa shape index (κ1) is 22.1. The second-order valence-electron chi connectivity index (χ2n) is 8.15. The van der Waals surface area contributed by atoms with Gasteiger partial charge in [0, 0.05) is 18.9 Å². The van der Waals surface area contributed by atoms with E-state index in [1.807, 2.05) is 6.07 Å². The van der Waals surface area contributed by atoms with Gasteiger partial charge in [-0.3, -0.25) is 9.48 Å². The third-order valence-corrected chi connectivity index (χ3v) is 5.61. The molecule has 158 valence electrons. The van der Waals surface area contributed by atoms with Crippen molar-refractivity contribution in [3.8, 4) is 0 Å². The van der Waals surface area contributed by atoms with Crippen molar-refractivity contribution in [2.75, 3.05) is 11.9 Å². The molecule has 1 saturated heterocycles. The van der Waals surface area contributed by atoms with Crippen LogP contribution in [0.4, 0.5) is 5.82 Å². The van der Waals surface area contributed by atoms with Gasteiger partial charge in [0.25, 0.3) is 0 Å². The Morgan fingerprint density at radius 2 is 2.14 bits per heavy atom. The number of nitrogens with zero attached hydrogens (tertiary/aromatic N) is 2. The number of benzene rings is 1. The number of aliphatic hydroxyl groups is 1. The molecule has 0 saturated carbocycles. The molecule has 8 heteroatoms. The molecule has 1 amide bonds. The number of carbonyl (C=O) groups is 1. The van der Waals surface area contributed by atoms with Crippen LogP contribution in [0.15, 0.2) is 30.5 Å². The molecule has 0 aliphatic carbocycles. The molecule has 2 heterocycles. The minimum Gasteiger partial charge on any atom is -0.389 e. The SMILES string of the molecule is CC(C)(O)Cn1ccc(NC(=O)C(CC2CCCCO2)c2ccc(Cl)c(Cl)c2)n1. The number of aromatic nitrogens is 2. The summed E-state index contributed by atoms with van der Waals surface area (Å²) in [6, 6.07) is 6.99. The third-order valence-electron chi connectivity index (χ3n) is 4.88. The molecule has 2 atom stereocenters. The van der Waals surface area contributed by atoms with Crippen molar-refractivity contribution >= 4 is 34.9 Å². The average molecular weight is 440 g/mol. The van der Waals surface area contributed by atoms with E-state index in [-0.39, 0.29) is 12.0 Å². The lowest BCUT2D eigenvalue weighted by atomic mass is 9.90. The van der Waals surface area contributed by atoms with E-state index in [1.54, 1.807) is 42.9 Å². The summed E-state index contributed by atoms with van der Waals surface area (Å²) in [5.41, 5.74) is -0.101. The molecule has 1 aromatic heterocycles. The van der Waals surface area contributed by atoms with E-state index >= 15 is 0 Å². The normalized spacial score (nSPS) is 18.4. The van der Waals surface area contributed by atoms with Crippen molar-refractivity contribution in [1.82, 2.24) is 9.78 Å². The number of ether oxygens (including phenoxy) is 1. The van der Waals surface area contributed by atoms with Crippen molar-refractivity contribution in [1.29, 1.82) is 0 Å². The standard InChI is InChI=1S/C21H27Cl2N3O3/c1-21(2,28)13-26-9-8-19(25-26)24-20(27)16(12-15-5-3-4-10-29-15)14-6-7-17(22)18(23)11-14/h6-9,11,15-16,28H,3-5,10,12-13H2,1-2H3,(H,24,25,27). The number of amides is 1. The zero-order valence-electron chi connectivity index (χ0n) is 16.7. The number of rotatable bonds is 7. The van der Waals surface area contributed by atoms with Gasteiger partial charge in [-0.25, -0.2) is 0 Å². The predicted molar refractivity (Wildman–Crippen MR) is 115 cm³/mol. The highest BCUT2D eigenvalue weighted by Gasteiger charge is 2.27. The molecule has 2 unspecified atom stereocenters. The van der Waals surface area contributed by atoms with Gasteiger partial charge < -0.3 is 15.2 Å². The summed E-state index contributed by atoms with van der Waals surface area (Å²) in [7, 11) is 0. The van der Waals surface area contributed by atoms with Crippen LogP contribution < -0.4 is 5.32 Å². The molecular formula is C21H27Cl2N3O3. The second kappa shape index (κ2) is 9.47. The monoisotopic (exact) mass is 439 g/mol. The molecule has 1 aliphatic heterocycles. The lowest BCUT2D eigenvalue weighted by Gasteiger charge is -2.26. The maximum Gasteiger partial charge on any atom is 0.233 e.